The van der Waals surface area contributed by atoms with E-state index < -0.39 is 74.1 Å². The molecule has 3 fully saturated rings. The molecule has 1 aromatic heterocycles. The van der Waals surface area contributed by atoms with Crippen LogP contribution in [0, 0.1) is 11.3 Å². The lowest BCUT2D eigenvalue weighted by atomic mass is 9.85. The number of nitrogens with one attached hydrogen (secondary N) is 4. The average Bonchev–Trinajstić information content (AvgIpc) is 3.97. The van der Waals surface area contributed by atoms with Gasteiger partial charge in [0.15, 0.2) is 0 Å². The molecule has 5 amide bonds. The van der Waals surface area contributed by atoms with Gasteiger partial charge in [0.1, 0.15) is 23.7 Å². The Labute approximate surface area is 286 Å². The Morgan fingerprint density at radius 1 is 1.18 bits per heavy atom. The van der Waals surface area contributed by atoms with E-state index in [0.29, 0.717) is 31.7 Å². The largest absolute Gasteiger partial charge is 0.472 e. The highest BCUT2D eigenvalue weighted by Crippen LogP contribution is 2.45. The predicted octanol–water partition coefficient (Wildman–Crippen LogP) is 2.77. The van der Waals surface area contributed by atoms with Crippen molar-refractivity contribution in [1.82, 2.24) is 30.6 Å². The molecule has 0 spiro atoms. The van der Waals surface area contributed by atoms with Crippen LogP contribution in [0.1, 0.15) is 64.9 Å². The average molecular weight is 693 g/mol. The summed E-state index contributed by atoms with van der Waals surface area (Å²) in [5.41, 5.74) is -1.32. The summed E-state index contributed by atoms with van der Waals surface area (Å²) in [6, 6.07) is 5.20. The van der Waals surface area contributed by atoms with Crippen LogP contribution in [0.2, 0.25) is 0 Å². The van der Waals surface area contributed by atoms with Crippen LogP contribution < -0.4 is 25.4 Å². The lowest BCUT2D eigenvalue weighted by molar-refractivity contribution is -0.142. The van der Waals surface area contributed by atoms with Gasteiger partial charge in [0, 0.05) is 30.5 Å². The molecule has 14 heteroatoms. The molecule has 0 radical (unpaired) electrons. The second-order valence-electron chi connectivity index (χ2n) is 14.5. The Bertz CT molecular complexity index is 1820. The number of sulfonamides is 1. The SMILES string of the molecule is C=C[C@@H]1CC1(NC(=O)[C@@H]1C[C@@H]2CN1C(=O)[C@H](C(C)(C)C)NC(=O)NCCC/C=C/c1ccc3ccnc(c3c1)O2)C(=O)NS(=O)(=O)C1CC1. The van der Waals surface area contributed by atoms with E-state index in [2.05, 4.69) is 32.2 Å². The normalized spacial score (nSPS) is 28.3. The van der Waals surface area contributed by atoms with Crippen LogP contribution in [0.15, 0.2) is 49.2 Å². The summed E-state index contributed by atoms with van der Waals surface area (Å²) in [5.74, 6) is -2.09. The monoisotopic (exact) mass is 692 g/mol. The maximum absolute atomic E-state index is 14.4. The molecule has 1 saturated heterocycles. The summed E-state index contributed by atoms with van der Waals surface area (Å²) < 4.78 is 33.9. The summed E-state index contributed by atoms with van der Waals surface area (Å²) in [4.78, 5) is 60.9. The van der Waals surface area contributed by atoms with Crippen molar-refractivity contribution in [2.24, 2.45) is 11.3 Å². The third-order valence-electron chi connectivity index (χ3n) is 9.66. The van der Waals surface area contributed by atoms with Gasteiger partial charge >= 0.3 is 6.03 Å². The highest BCUT2D eigenvalue weighted by molar-refractivity contribution is 7.91. The lowest BCUT2D eigenvalue weighted by Crippen LogP contribution is -2.61. The van der Waals surface area contributed by atoms with Gasteiger partial charge < -0.3 is 25.6 Å². The molecule has 2 aliphatic heterocycles. The number of ether oxygens (including phenoxy) is 1. The fourth-order valence-corrected chi connectivity index (χ4v) is 7.91. The van der Waals surface area contributed by atoms with E-state index in [1.807, 2.05) is 57.2 Å². The smallest absolute Gasteiger partial charge is 0.315 e. The van der Waals surface area contributed by atoms with Crippen molar-refractivity contribution in [2.75, 3.05) is 13.1 Å². The summed E-state index contributed by atoms with van der Waals surface area (Å²) in [5, 5.41) is 9.51. The molecule has 3 heterocycles. The van der Waals surface area contributed by atoms with Crippen molar-refractivity contribution in [1.29, 1.82) is 0 Å². The lowest BCUT2D eigenvalue weighted by Gasteiger charge is -2.35. The number of fused-ring (bicyclic) bond motifs is 3. The van der Waals surface area contributed by atoms with Crippen LogP contribution in [-0.2, 0) is 24.4 Å². The molecule has 1 aromatic carbocycles. The van der Waals surface area contributed by atoms with Crippen molar-refractivity contribution in [3.8, 4) is 5.88 Å². The number of urea groups is 1. The molecular weight excluding hydrogens is 648 g/mol. The molecule has 4 aliphatic rings. The first-order valence-corrected chi connectivity index (χ1v) is 18.3. The quantitative estimate of drug-likeness (QED) is 0.334. The van der Waals surface area contributed by atoms with E-state index in [-0.39, 0.29) is 19.4 Å². The summed E-state index contributed by atoms with van der Waals surface area (Å²) >= 11 is 0. The van der Waals surface area contributed by atoms with Crippen LogP contribution in [0.3, 0.4) is 0 Å². The number of aromatic nitrogens is 1. The van der Waals surface area contributed by atoms with Crippen LogP contribution in [0.25, 0.3) is 16.8 Å². The first-order valence-electron chi connectivity index (χ1n) is 16.8. The molecule has 2 saturated carbocycles. The van der Waals surface area contributed by atoms with Gasteiger partial charge in [-0.2, -0.15) is 0 Å². The zero-order chi connectivity index (χ0) is 35.1. The number of allylic oxidation sites excluding steroid dienone is 1. The van der Waals surface area contributed by atoms with E-state index in [9.17, 15) is 27.6 Å². The molecule has 13 nitrogen and oxygen atoms in total. The van der Waals surface area contributed by atoms with E-state index in [1.165, 1.54) is 11.0 Å². The van der Waals surface area contributed by atoms with Gasteiger partial charge in [-0.15, -0.1) is 6.58 Å². The Morgan fingerprint density at radius 2 is 1.96 bits per heavy atom. The molecule has 2 aromatic rings. The zero-order valence-corrected chi connectivity index (χ0v) is 28.8. The molecule has 262 valence electrons. The van der Waals surface area contributed by atoms with Crippen molar-refractivity contribution < 1.29 is 32.3 Å². The van der Waals surface area contributed by atoms with E-state index in [1.54, 1.807) is 6.20 Å². The first-order chi connectivity index (χ1) is 23.2. The molecule has 5 atom stereocenters. The topological polar surface area (TPSA) is 176 Å². The molecular formula is C35H44N6O7S. The standard InChI is InChI=1S/C35H44N6O7S/c1-5-23-19-35(23,32(44)40-49(46,47)25-12-13-25)39-29(42)27-18-24-20-41(27)31(43)28(34(2,3)4)38-33(45)37-15-8-6-7-9-21-10-11-22-14-16-36-30(48-24)26(22)17-21/h5,7,9-11,14,16-17,23-25,27-28H,1,6,8,12-13,15,18-20H2,2-4H3,(H,39,42)(H,40,44)(H2,37,38,45)/b9-7+/t23-,24-,27+,28-,35?/m1/s1. The Hall–Kier alpha value is -4.46. The minimum absolute atomic E-state index is 0.00457. The first kappa shape index (κ1) is 34.4. The highest BCUT2D eigenvalue weighted by atomic mass is 32.2. The van der Waals surface area contributed by atoms with Gasteiger partial charge in [0.2, 0.25) is 27.7 Å². The Balaban J connectivity index is 1.33. The molecule has 4 N–H and O–H groups in total. The van der Waals surface area contributed by atoms with E-state index >= 15 is 0 Å². The van der Waals surface area contributed by atoms with Crippen LogP contribution in [0.5, 0.6) is 5.88 Å². The number of hydrogen-bond donors (Lipinski definition) is 4. The third kappa shape index (κ3) is 7.29. The maximum Gasteiger partial charge on any atom is 0.315 e. The number of hydrogen-bond acceptors (Lipinski definition) is 8. The van der Waals surface area contributed by atoms with E-state index in [4.69, 9.17) is 4.74 Å². The fraction of sp³-hybridized carbons (Fsp3) is 0.514. The van der Waals surface area contributed by atoms with Crippen molar-refractivity contribution >= 4 is 50.6 Å². The van der Waals surface area contributed by atoms with Gasteiger partial charge in [-0.1, -0.05) is 51.1 Å². The molecule has 49 heavy (non-hydrogen) atoms. The number of carbonyl (C=O) groups is 4. The highest BCUT2D eigenvalue weighted by Gasteiger charge is 2.62. The van der Waals surface area contributed by atoms with Crippen molar-refractivity contribution in [3.63, 3.8) is 0 Å². The fourth-order valence-electron chi connectivity index (χ4n) is 6.55. The summed E-state index contributed by atoms with van der Waals surface area (Å²) in [6.07, 6.45) is 9.09. The molecule has 1 unspecified atom stereocenters. The maximum atomic E-state index is 14.4. The van der Waals surface area contributed by atoms with Crippen LogP contribution in [0.4, 0.5) is 4.79 Å². The number of nitrogens with zero attached hydrogens (tertiary/aromatic N) is 2. The van der Waals surface area contributed by atoms with Gasteiger partial charge in [0.25, 0.3) is 5.91 Å². The minimum Gasteiger partial charge on any atom is -0.472 e. The summed E-state index contributed by atoms with van der Waals surface area (Å²) in [6.45, 7) is 9.63. The number of benzene rings is 1. The minimum atomic E-state index is -3.88. The van der Waals surface area contributed by atoms with E-state index in [0.717, 1.165) is 22.8 Å². The number of pyridine rings is 1. The van der Waals surface area contributed by atoms with Gasteiger partial charge in [-0.05, 0) is 60.6 Å². The van der Waals surface area contributed by atoms with Crippen LogP contribution >= 0.6 is 0 Å². The van der Waals surface area contributed by atoms with Crippen molar-refractivity contribution in [3.05, 3.63) is 54.8 Å². The molecule has 4 bridgehead atoms. The zero-order valence-electron chi connectivity index (χ0n) is 28.0. The van der Waals surface area contributed by atoms with Gasteiger partial charge in [-0.3, -0.25) is 19.1 Å². The Kier molecular flexibility index (Phi) is 9.20. The predicted molar refractivity (Wildman–Crippen MR) is 184 cm³/mol. The number of rotatable bonds is 6. The van der Waals surface area contributed by atoms with Crippen molar-refractivity contribution in [2.45, 2.75) is 88.3 Å². The van der Waals surface area contributed by atoms with Crippen LogP contribution in [-0.4, -0.2) is 84.1 Å². The molecule has 6 rings (SSSR count). The van der Waals surface area contributed by atoms with Gasteiger partial charge in [0.05, 0.1) is 11.8 Å². The third-order valence-corrected chi connectivity index (χ3v) is 11.5. The number of amides is 5. The van der Waals surface area contributed by atoms with Gasteiger partial charge in [-0.25, -0.2) is 18.2 Å². The number of carbonyl (C=O) groups excluding carboxylic acids is 4. The second kappa shape index (κ2) is 13.1. The molecule has 2 aliphatic carbocycles. The Morgan fingerprint density at radius 3 is 2.65 bits per heavy atom. The second-order valence-corrected chi connectivity index (χ2v) is 16.5. The summed E-state index contributed by atoms with van der Waals surface area (Å²) in [7, 11) is -3.88.